The van der Waals surface area contributed by atoms with Crippen molar-refractivity contribution in [3.63, 3.8) is 0 Å². The minimum absolute atomic E-state index is 0.0119. The van der Waals surface area contributed by atoms with E-state index in [0.29, 0.717) is 16.1 Å². The Kier molecular flexibility index (Phi) is 5.07. The van der Waals surface area contributed by atoms with Crippen LogP contribution in [-0.4, -0.2) is 30.9 Å². The quantitative estimate of drug-likeness (QED) is 0.286. The molecule has 0 atom stereocenters. The monoisotopic (exact) mass is 493 g/mol. The third-order valence-corrected chi connectivity index (χ3v) is 4.99. The molecule has 5 rings (SSSR count). The van der Waals surface area contributed by atoms with Crippen LogP contribution in [0, 0.1) is 11.6 Å². The highest BCUT2D eigenvalue weighted by molar-refractivity contribution is 5.66. The highest BCUT2D eigenvalue weighted by Gasteiger charge is 2.60. The van der Waals surface area contributed by atoms with Crippen molar-refractivity contribution in [1.82, 2.24) is 24.7 Å². The Morgan fingerprint density at radius 3 is 1.91 bits per heavy atom. The molecule has 0 spiro atoms. The van der Waals surface area contributed by atoms with Crippen LogP contribution in [0.5, 0.6) is 0 Å². The summed E-state index contributed by atoms with van der Waals surface area (Å²) < 4.78 is 101. The molecule has 5 aromatic rings. The molecule has 0 aliphatic rings. The average Bonchev–Trinajstić information content (AvgIpc) is 3.46. The summed E-state index contributed by atoms with van der Waals surface area (Å²) in [6.45, 7) is 0. The average molecular weight is 493 g/mol. The molecule has 35 heavy (non-hydrogen) atoms. The molecule has 0 aliphatic carbocycles. The topological polar surface area (TPSA) is 69.1 Å². The first-order valence-electron chi connectivity index (χ1n) is 9.75. The van der Waals surface area contributed by atoms with Crippen molar-refractivity contribution in [3.05, 3.63) is 78.0 Å². The number of aromatic nitrogens is 5. The van der Waals surface area contributed by atoms with E-state index in [1.54, 1.807) is 0 Å². The van der Waals surface area contributed by atoms with Gasteiger partial charge in [-0.1, -0.05) is 5.16 Å². The zero-order valence-electron chi connectivity index (χ0n) is 17.1. The molecular weight excluding hydrogens is 483 g/mol. The Bertz CT molecular complexity index is 1520. The van der Waals surface area contributed by atoms with Crippen LogP contribution in [0.3, 0.4) is 0 Å². The summed E-state index contributed by atoms with van der Waals surface area (Å²) in [4.78, 5) is 8.15. The molecular formula is C22H10F7N5O. The van der Waals surface area contributed by atoms with Crippen LogP contribution in [-0.2, 0) is 5.92 Å². The predicted octanol–water partition coefficient (Wildman–Crippen LogP) is 6.05. The van der Waals surface area contributed by atoms with Crippen molar-refractivity contribution in [2.75, 3.05) is 0 Å². The fourth-order valence-corrected chi connectivity index (χ4v) is 3.26. The number of hydrogen-bond donors (Lipinski definition) is 0. The number of hydrogen-bond acceptors (Lipinski definition) is 5. The number of benzene rings is 2. The molecule has 0 saturated heterocycles. The van der Waals surface area contributed by atoms with E-state index in [1.807, 2.05) is 0 Å². The lowest BCUT2D eigenvalue weighted by Gasteiger charge is -2.21. The number of rotatable bonds is 4. The Hall–Kier alpha value is -4.29. The summed E-state index contributed by atoms with van der Waals surface area (Å²) >= 11 is 0. The van der Waals surface area contributed by atoms with Gasteiger partial charge in [0.25, 0.3) is 5.89 Å². The van der Waals surface area contributed by atoms with Crippen LogP contribution in [0.4, 0.5) is 30.7 Å². The van der Waals surface area contributed by atoms with E-state index in [4.69, 9.17) is 4.52 Å². The van der Waals surface area contributed by atoms with Gasteiger partial charge in [0, 0.05) is 17.2 Å². The van der Waals surface area contributed by atoms with Gasteiger partial charge in [-0.2, -0.15) is 32.0 Å². The molecule has 178 valence electrons. The standard InChI is InChI=1S/C22H10F7N5O/c23-13-5-1-11(2-6-13)15-9-17(21(25,26)22(27,28)29)34-18(30-15)10-16(32-34)20-31-19(33-35-20)12-3-7-14(24)8-4-12/h1-10H. The van der Waals surface area contributed by atoms with Crippen LogP contribution in [0.2, 0.25) is 0 Å². The first-order chi connectivity index (χ1) is 16.5. The third kappa shape index (κ3) is 3.98. The maximum atomic E-state index is 14.5. The Labute approximate surface area is 190 Å². The second-order valence-electron chi connectivity index (χ2n) is 7.34. The number of alkyl halides is 5. The van der Waals surface area contributed by atoms with E-state index in [1.165, 1.54) is 24.3 Å². The van der Waals surface area contributed by atoms with Gasteiger partial charge in [0.15, 0.2) is 11.3 Å². The van der Waals surface area contributed by atoms with E-state index in [2.05, 4.69) is 20.2 Å². The van der Waals surface area contributed by atoms with Gasteiger partial charge in [0.2, 0.25) is 5.82 Å². The van der Waals surface area contributed by atoms with E-state index >= 15 is 0 Å². The molecule has 0 N–H and O–H groups in total. The maximum Gasteiger partial charge on any atom is 0.459 e. The maximum absolute atomic E-state index is 14.5. The van der Waals surface area contributed by atoms with Gasteiger partial charge >= 0.3 is 12.1 Å². The largest absolute Gasteiger partial charge is 0.459 e. The van der Waals surface area contributed by atoms with Crippen LogP contribution < -0.4 is 0 Å². The fraction of sp³-hybridized carbons (Fsp3) is 0.0909. The van der Waals surface area contributed by atoms with Gasteiger partial charge in [-0.05, 0) is 54.6 Å². The molecule has 0 bridgehead atoms. The van der Waals surface area contributed by atoms with Crippen molar-refractivity contribution in [3.8, 4) is 34.2 Å². The Morgan fingerprint density at radius 1 is 0.714 bits per heavy atom. The summed E-state index contributed by atoms with van der Waals surface area (Å²) in [5, 5.41) is 7.50. The molecule has 13 heteroatoms. The molecule has 3 aromatic heterocycles. The van der Waals surface area contributed by atoms with Gasteiger partial charge in [-0.3, -0.25) is 0 Å². The van der Waals surface area contributed by atoms with Crippen LogP contribution >= 0.6 is 0 Å². The molecule has 3 heterocycles. The molecule has 6 nitrogen and oxygen atoms in total. The SMILES string of the molecule is Fc1ccc(-c2cc(C(F)(F)C(F)(F)F)n3nc(-c4nc(-c5ccc(F)cc5)no4)cc3n2)cc1. The number of nitrogens with zero attached hydrogens (tertiary/aromatic N) is 5. The zero-order chi connectivity index (χ0) is 25.0. The first kappa shape index (κ1) is 22.5. The Morgan fingerprint density at radius 2 is 1.31 bits per heavy atom. The highest BCUT2D eigenvalue weighted by Crippen LogP contribution is 2.44. The predicted molar refractivity (Wildman–Crippen MR) is 107 cm³/mol. The van der Waals surface area contributed by atoms with Gasteiger partial charge in [-0.25, -0.2) is 18.3 Å². The van der Waals surface area contributed by atoms with E-state index in [9.17, 15) is 30.7 Å². The van der Waals surface area contributed by atoms with Crippen molar-refractivity contribution in [2.24, 2.45) is 0 Å². The van der Waals surface area contributed by atoms with E-state index < -0.39 is 29.4 Å². The first-order valence-corrected chi connectivity index (χ1v) is 9.75. The third-order valence-electron chi connectivity index (χ3n) is 4.99. The van der Waals surface area contributed by atoms with Crippen LogP contribution in [0.1, 0.15) is 5.69 Å². The fourth-order valence-electron chi connectivity index (χ4n) is 3.26. The Balaban J connectivity index is 1.66. The second-order valence-corrected chi connectivity index (χ2v) is 7.34. The second kappa shape index (κ2) is 7.89. The van der Waals surface area contributed by atoms with Crippen molar-refractivity contribution in [1.29, 1.82) is 0 Å². The lowest BCUT2D eigenvalue weighted by atomic mass is 10.1. The summed E-state index contributed by atoms with van der Waals surface area (Å²) in [7, 11) is 0. The zero-order valence-corrected chi connectivity index (χ0v) is 17.1. The minimum atomic E-state index is -5.94. The molecule has 0 fully saturated rings. The molecule has 0 radical (unpaired) electrons. The number of halogens is 7. The summed E-state index contributed by atoms with van der Waals surface area (Å²) in [5.74, 6) is -6.72. The van der Waals surface area contributed by atoms with Gasteiger partial charge < -0.3 is 4.52 Å². The van der Waals surface area contributed by atoms with Crippen molar-refractivity contribution in [2.45, 2.75) is 12.1 Å². The summed E-state index contributed by atoms with van der Waals surface area (Å²) in [6, 6.07) is 11.1. The molecule has 0 amide bonds. The summed E-state index contributed by atoms with van der Waals surface area (Å²) in [6.07, 6.45) is -5.94. The molecule has 0 unspecified atom stereocenters. The number of fused-ring (bicyclic) bond motifs is 1. The smallest absolute Gasteiger partial charge is 0.332 e. The van der Waals surface area contributed by atoms with E-state index in [0.717, 1.165) is 30.3 Å². The van der Waals surface area contributed by atoms with E-state index in [-0.39, 0.29) is 34.3 Å². The van der Waals surface area contributed by atoms with Gasteiger partial charge in [-0.15, -0.1) is 0 Å². The molecule has 0 saturated carbocycles. The van der Waals surface area contributed by atoms with Gasteiger partial charge in [0.05, 0.1) is 5.69 Å². The molecule has 0 aliphatic heterocycles. The highest BCUT2D eigenvalue weighted by atomic mass is 19.4. The summed E-state index contributed by atoms with van der Waals surface area (Å²) in [5.41, 5.74) is -1.91. The lowest BCUT2D eigenvalue weighted by molar-refractivity contribution is -0.291. The lowest BCUT2D eigenvalue weighted by Crippen LogP contribution is -2.35. The normalized spacial score (nSPS) is 12.4. The minimum Gasteiger partial charge on any atom is -0.332 e. The van der Waals surface area contributed by atoms with Crippen molar-refractivity contribution < 1.29 is 35.3 Å². The molecule has 2 aromatic carbocycles. The van der Waals surface area contributed by atoms with Crippen molar-refractivity contribution >= 4 is 5.65 Å². The van der Waals surface area contributed by atoms with Crippen LogP contribution in [0.15, 0.2) is 65.2 Å². The van der Waals surface area contributed by atoms with Crippen LogP contribution in [0.25, 0.3) is 39.9 Å². The van der Waals surface area contributed by atoms with Gasteiger partial charge in [0.1, 0.15) is 17.3 Å².